The number of hydrogen-bond acceptors (Lipinski definition) is 2. The molecule has 2 aliphatic heterocycles. The van der Waals surface area contributed by atoms with Gasteiger partial charge in [-0.2, -0.15) is 0 Å². The molecule has 0 aromatic heterocycles. The molecular weight excluding hydrogens is 310 g/mol. The van der Waals surface area contributed by atoms with Crippen molar-refractivity contribution < 1.29 is 9.69 Å². The minimum Gasteiger partial charge on any atom is -0.336 e. The zero-order chi connectivity index (χ0) is 17.1. The van der Waals surface area contributed by atoms with Crippen LogP contribution in [0.15, 0.2) is 60.7 Å². The fourth-order valence-corrected chi connectivity index (χ4v) is 4.36. The number of benzene rings is 2. The van der Waals surface area contributed by atoms with E-state index in [-0.39, 0.29) is 11.4 Å². The fourth-order valence-electron chi connectivity index (χ4n) is 4.36. The minimum atomic E-state index is -0.383. The number of hydrogen-bond donors (Lipinski definition) is 2. The third-order valence-electron chi connectivity index (χ3n) is 5.68. The lowest BCUT2D eigenvalue weighted by molar-refractivity contribution is -0.907. The molecule has 1 spiro atoms. The van der Waals surface area contributed by atoms with Crippen LogP contribution in [0.1, 0.15) is 18.4 Å². The van der Waals surface area contributed by atoms with Gasteiger partial charge in [-0.1, -0.05) is 48.5 Å². The molecule has 4 nitrogen and oxygen atoms in total. The first-order valence-electron chi connectivity index (χ1n) is 9.26. The molecule has 2 N–H and O–H groups in total. The van der Waals surface area contributed by atoms with Gasteiger partial charge in [-0.25, -0.2) is 0 Å². The lowest BCUT2D eigenvalue weighted by Gasteiger charge is -2.42. The predicted molar refractivity (Wildman–Crippen MR) is 99.6 cm³/mol. The van der Waals surface area contributed by atoms with E-state index in [1.165, 1.54) is 10.5 Å². The molecule has 1 unspecified atom stereocenters. The Morgan fingerprint density at radius 1 is 1.04 bits per heavy atom. The fraction of sp³-hybridized carbons (Fsp3) is 0.381. The van der Waals surface area contributed by atoms with E-state index in [0.717, 1.165) is 44.6 Å². The Morgan fingerprint density at radius 3 is 2.52 bits per heavy atom. The van der Waals surface area contributed by atoms with E-state index in [9.17, 15) is 4.79 Å². The summed E-state index contributed by atoms with van der Waals surface area (Å²) in [4.78, 5) is 16.6. The van der Waals surface area contributed by atoms with Crippen LogP contribution in [-0.2, 0) is 11.2 Å². The first-order chi connectivity index (χ1) is 12.3. The Labute approximate surface area is 149 Å². The zero-order valence-electron chi connectivity index (χ0n) is 14.6. The Bertz CT molecular complexity index is 718. The van der Waals surface area contributed by atoms with Crippen molar-refractivity contribution in [1.29, 1.82) is 0 Å². The maximum absolute atomic E-state index is 12.8. The van der Waals surface area contributed by atoms with Crippen molar-refractivity contribution in [1.82, 2.24) is 5.32 Å². The standard InChI is InChI=1S/C21H25N3O/c25-20-21(24(17-22-20)19-10-5-2-6-11-19)13-7-14-23(16-21)15-12-18-8-3-1-4-9-18/h1-6,8-11H,7,12-17H2,(H,22,25)/p+1/t21-/m0/s1. The highest BCUT2D eigenvalue weighted by Gasteiger charge is 2.53. The Balaban J connectivity index is 1.50. The van der Waals surface area contributed by atoms with Gasteiger partial charge in [0, 0.05) is 12.1 Å². The van der Waals surface area contributed by atoms with Crippen LogP contribution in [0.4, 0.5) is 5.69 Å². The first kappa shape index (κ1) is 16.2. The molecule has 0 aliphatic carbocycles. The molecule has 2 aromatic carbocycles. The van der Waals surface area contributed by atoms with Gasteiger partial charge in [-0.15, -0.1) is 0 Å². The monoisotopic (exact) mass is 336 g/mol. The summed E-state index contributed by atoms with van der Waals surface area (Å²) < 4.78 is 0. The van der Waals surface area contributed by atoms with Crippen LogP contribution < -0.4 is 15.1 Å². The number of piperidine rings is 1. The molecule has 2 saturated heterocycles. The molecule has 0 radical (unpaired) electrons. The number of quaternary nitrogens is 1. The smallest absolute Gasteiger partial charge is 0.253 e. The molecule has 1 amide bonds. The number of nitrogens with one attached hydrogen (secondary N) is 2. The van der Waals surface area contributed by atoms with E-state index in [1.54, 1.807) is 0 Å². The summed E-state index contributed by atoms with van der Waals surface area (Å²) in [6, 6.07) is 21.0. The van der Waals surface area contributed by atoms with Gasteiger partial charge in [-0.3, -0.25) is 4.79 Å². The maximum atomic E-state index is 12.8. The highest BCUT2D eigenvalue weighted by molar-refractivity contribution is 5.93. The van der Waals surface area contributed by atoms with Crippen molar-refractivity contribution in [3.63, 3.8) is 0 Å². The number of rotatable bonds is 4. The molecule has 25 heavy (non-hydrogen) atoms. The SMILES string of the molecule is O=C1NCN(c2ccccc2)[C@]12CCC[NH+](CCc1ccccc1)C2. The second-order valence-electron chi connectivity index (χ2n) is 7.23. The van der Waals surface area contributed by atoms with Crippen LogP contribution >= 0.6 is 0 Å². The average Bonchev–Trinajstić information content (AvgIpc) is 2.97. The van der Waals surface area contributed by atoms with E-state index in [4.69, 9.17) is 0 Å². The molecule has 2 atom stereocenters. The van der Waals surface area contributed by atoms with Crippen LogP contribution in [0.3, 0.4) is 0 Å². The molecule has 4 heteroatoms. The maximum Gasteiger partial charge on any atom is 0.253 e. The Kier molecular flexibility index (Phi) is 4.45. The topological polar surface area (TPSA) is 36.8 Å². The van der Waals surface area contributed by atoms with Crippen LogP contribution in [-0.4, -0.2) is 37.7 Å². The highest BCUT2D eigenvalue weighted by Crippen LogP contribution is 2.31. The van der Waals surface area contributed by atoms with E-state index in [2.05, 4.69) is 64.8 Å². The normalized spacial score (nSPS) is 26.0. The number of nitrogens with zero attached hydrogens (tertiary/aromatic N) is 1. The second-order valence-corrected chi connectivity index (χ2v) is 7.23. The number of carbonyl (C=O) groups excluding carboxylic acids is 1. The molecule has 2 aromatic rings. The van der Waals surface area contributed by atoms with Crippen molar-refractivity contribution in [2.75, 3.05) is 31.2 Å². The van der Waals surface area contributed by atoms with Crippen LogP contribution in [0.5, 0.6) is 0 Å². The van der Waals surface area contributed by atoms with Gasteiger partial charge in [0.15, 0.2) is 5.54 Å². The molecule has 0 saturated carbocycles. The summed E-state index contributed by atoms with van der Waals surface area (Å²) >= 11 is 0. The molecule has 2 aliphatic rings. The summed E-state index contributed by atoms with van der Waals surface area (Å²) in [7, 11) is 0. The number of carbonyl (C=O) groups is 1. The first-order valence-corrected chi connectivity index (χ1v) is 9.26. The molecule has 2 heterocycles. The Hall–Kier alpha value is -2.33. The number of amides is 1. The van der Waals surface area contributed by atoms with Gasteiger partial charge >= 0.3 is 0 Å². The van der Waals surface area contributed by atoms with Gasteiger partial charge < -0.3 is 15.1 Å². The number of anilines is 1. The number of para-hydroxylation sites is 1. The van der Waals surface area contributed by atoms with Crippen molar-refractivity contribution in [2.45, 2.75) is 24.8 Å². The third kappa shape index (κ3) is 3.14. The zero-order valence-corrected chi connectivity index (χ0v) is 14.6. The van der Waals surface area contributed by atoms with Crippen molar-refractivity contribution in [3.05, 3.63) is 66.2 Å². The molecular formula is C21H26N3O+. The van der Waals surface area contributed by atoms with Crippen LogP contribution in [0, 0.1) is 0 Å². The summed E-state index contributed by atoms with van der Waals surface area (Å²) in [5, 5.41) is 3.10. The third-order valence-corrected chi connectivity index (χ3v) is 5.68. The van der Waals surface area contributed by atoms with E-state index in [1.807, 2.05) is 6.07 Å². The van der Waals surface area contributed by atoms with Crippen molar-refractivity contribution in [2.24, 2.45) is 0 Å². The van der Waals surface area contributed by atoms with E-state index < -0.39 is 0 Å². The highest BCUT2D eigenvalue weighted by atomic mass is 16.2. The van der Waals surface area contributed by atoms with Crippen LogP contribution in [0.2, 0.25) is 0 Å². The molecule has 130 valence electrons. The number of likely N-dealkylation sites (tertiary alicyclic amines) is 1. The minimum absolute atomic E-state index is 0.202. The van der Waals surface area contributed by atoms with Crippen molar-refractivity contribution >= 4 is 11.6 Å². The largest absolute Gasteiger partial charge is 0.336 e. The lowest BCUT2D eigenvalue weighted by Crippen LogP contribution is -3.16. The predicted octanol–water partition coefficient (Wildman–Crippen LogP) is 1.24. The molecule has 2 fully saturated rings. The van der Waals surface area contributed by atoms with E-state index in [0.29, 0.717) is 6.67 Å². The summed E-state index contributed by atoms with van der Waals surface area (Å²) in [5.74, 6) is 0.202. The van der Waals surface area contributed by atoms with Gasteiger partial charge in [0.1, 0.15) is 6.54 Å². The second kappa shape index (κ2) is 6.89. The average molecular weight is 336 g/mol. The van der Waals surface area contributed by atoms with Crippen LogP contribution in [0.25, 0.3) is 0 Å². The van der Waals surface area contributed by atoms with E-state index >= 15 is 0 Å². The molecule has 0 bridgehead atoms. The summed E-state index contributed by atoms with van der Waals surface area (Å²) in [6.07, 6.45) is 3.11. The van der Waals surface area contributed by atoms with Gasteiger partial charge in [0.2, 0.25) is 0 Å². The quantitative estimate of drug-likeness (QED) is 0.881. The summed E-state index contributed by atoms with van der Waals surface area (Å²) in [6.45, 7) is 3.75. The van der Waals surface area contributed by atoms with Gasteiger partial charge in [0.25, 0.3) is 5.91 Å². The summed E-state index contributed by atoms with van der Waals surface area (Å²) in [5.41, 5.74) is 2.14. The van der Waals surface area contributed by atoms with Crippen molar-refractivity contribution in [3.8, 4) is 0 Å². The Morgan fingerprint density at radius 2 is 1.76 bits per heavy atom. The lowest BCUT2D eigenvalue weighted by atomic mass is 9.87. The molecule has 4 rings (SSSR count). The van der Waals surface area contributed by atoms with Gasteiger partial charge in [0.05, 0.1) is 19.8 Å². The van der Waals surface area contributed by atoms with Gasteiger partial charge in [-0.05, 0) is 30.5 Å².